The summed E-state index contributed by atoms with van der Waals surface area (Å²) in [5, 5.41) is 2.90. The molecule has 0 fully saturated rings. The van der Waals surface area contributed by atoms with Crippen LogP contribution in [0.2, 0.25) is 0 Å². The Morgan fingerprint density at radius 3 is 3.07 bits per heavy atom. The predicted molar refractivity (Wildman–Crippen MR) is 59.4 cm³/mol. The highest BCUT2D eigenvalue weighted by molar-refractivity contribution is 5.44. The Bertz CT molecular complexity index is 404. The summed E-state index contributed by atoms with van der Waals surface area (Å²) in [6, 6.07) is 5.89. The number of fused-ring (bicyclic) bond motifs is 1. The monoisotopic (exact) mass is 209 g/mol. The van der Waals surface area contributed by atoms with E-state index in [2.05, 4.69) is 5.32 Å². The molecule has 3 nitrogen and oxygen atoms in total. The van der Waals surface area contributed by atoms with Crippen LogP contribution in [0.5, 0.6) is 11.5 Å². The molecule has 1 aromatic carbocycles. The van der Waals surface area contributed by atoms with Crippen LogP contribution in [0, 0.1) is 0 Å². The van der Waals surface area contributed by atoms with E-state index in [0.29, 0.717) is 0 Å². The Kier molecular flexibility index (Phi) is 2.42. The molecule has 0 spiro atoms. The van der Waals surface area contributed by atoms with E-state index in [9.17, 15) is 0 Å². The minimum absolute atomic E-state index is 0.0652. The molecular formula is C12H17NO2. The fourth-order valence-corrected chi connectivity index (χ4v) is 1.72. The van der Waals surface area contributed by atoms with Gasteiger partial charge in [-0.1, -0.05) is 13.0 Å². The van der Waals surface area contributed by atoms with Crippen molar-refractivity contribution in [2.75, 3.05) is 13.3 Å². The number of benzene rings is 1. The van der Waals surface area contributed by atoms with E-state index in [0.717, 1.165) is 23.5 Å². The molecule has 0 radical (unpaired) electrons. The molecule has 0 amide bonds. The van der Waals surface area contributed by atoms with Crippen LogP contribution < -0.4 is 14.8 Å². The molecule has 1 aliphatic heterocycles. The van der Waals surface area contributed by atoms with Crippen molar-refractivity contribution >= 4 is 0 Å². The smallest absolute Gasteiger partial charge is 0.231 e. The average Bonchev–Trinajstić information content (AvgIpc) is 2.61. The van der Waals surface area contributed by atoms with Crippen LogP contribution >= 0.6 is 0 Å². The van der Waals surface area contributed by atoms with Gasteiger partial charge in [0.2, 0.25) is 6.79 Å². The maximum atomic E-state index is 7.46. The molecule has 0 saturated heterocycles. The molecule has 1 aliphatic rings. The van der Waals surface area contributed by atoms with Gasteiger partial charge in [-0.3, -0.25) is 0 Å². The van der Waals surface area contributed by atoms with E-state index in [-0.39, 0.29) is 12.8 Å². The molecule has 2 rings (SSSR count). The molecule has 0 unspecified atom stereocenters. The van der Waals surface area contributed by atoms with Crippen molar-refractivity contribution in [1.82, 2.24) is 5.32 Å². The highest BCUT2D eigenvalue weighted by Crippen LogP contribution is 2.32. The molecule has 0 aromatic heterocycles. The first kappa shape index (κ1) is 7.99. The molecule has 1 N–H and O–H groups in total. The third-order valence-electron chi connectivity index (χ3n) is 2.37. The van der Waals surface area contributed by atoms with Crippen molar-refractivity contribution in [3.8, 4) is 11.5 Å². The summed E-state index contributed by atoms with van der Waals surface area (Å²) in [6.07, 6.45) is 0.754. The molecule has 82 valence electrons. The van der Waals surface area contributed by atoms with E-state index in [1.54, 1.807) is 0 Å². The van der Waals surface area contributed by atoms with Crippen molar-refractivity contribution < 1.29 is 12.2 Å². The Labute approximate surface area is 93.2 Å². The van der Waals surface area contributed by atoms with Crippen LogP contribution in [0.25, 0.3) is 0 Å². The van der Waals surface area contributed by atoms with Crippen LogP contribution in [0.1, 0.15) is 22.2 Å². The number of ether oxygens (including phenoxy) is 2. The maximum absolute atomic E-state index is 7.46. The van der Waals surface area contributed by atoms with Crippen molar-refractivity contribution in [3.63, 3.8) is 0 Å². The summed E-state index contributed by atoms with van der Waals surface area (Å²) >= 11 is 0. The summed E-state index contributed by atoms with van der Waals surface area (Å²) in [5.41, 5.74) is 1.11. The highest BCUT2D eigenvalue weighted by atomic mass is 16.7. The van der Waals surface area contributed by atoms with Crippen LogP contribution in [-0.2, 0) is 6.42 Å². The molecule has 0 aliphatic carbocycles. The second-order valence-corrected chi connectivity index (χ2v) is 3.69. The molecule has 0 saturated carbocycles. The number of hydrogen-bond donors (Lipinski definition) is 1. The zero-order chi connectivity index (χ0) is 12.5. The number of likely N-dealkylation sites (N-methyl/N-ethyl adjacent to an activating group) is 1. The maximum Gasteiger partial charge on any atom is 0.231 e. The van der Waals surface area contributed by atoms with Crippen LogP contribution in [0.15, 0.2) is 18.2 Å². The van der Waals surface area contributed by atoms with Gasteiger partial charge in [-0.2, -0.15) is 0 Å². The molecule has 1 aromatic rings. The number of rotatable bonds is 4. The van der Waals surface area contributed by atoms with E-state index in [4.69, 9.17) is 12.2 Å². The van der Waals surface area contributed by atoms with E-state index < -0.39 is 6.50 Å². The zero-order valence-electron chi connectivity index (χ0n) is 11.0. The lowest BCUT2D eigenvalue weighted by molar-refractivity contribution is 0.174. The first-order chi connectivity index (χ1) is 7.94. The molecule has 15 heavy (non-hydrogen) atoms. The fourth-order valence-electron chi connectivity index (χ4n) is 1.72. The van der Waals surface area contributed by atoms with Gasteiger partial charge in [0.1, 0.15) is 0 Å². The molecule has 1 atom stereocenters. The van der Waals surface area contributed by atoms with Gasteiger partial charge >= 0.3 is 0 Å². The van der Waals surface area contributed by atoms with Gasteiger partial charge in [0.15, 0.2) is 11.5 Å². The van der Waals surface area contributed by atoms with Crippen LogP contribution in [-0.4, -0.2) is 19.3 Å². The minimum Gasteiger partial charge on any atom is -0.454 e. The number of nitrogens with one attached hydrogen (secondary N) is 1. The third kappa shape index (κ3) is 2.42. The quantitative estimate of drug-likeness (QED) is 0.822. The second-order valence-electron chi connectivity index (χ2n) is 3.69. The Balaban J connectivity index is 1.99. The molecular weight excluding hydrogens is 190 g/mol. The summed E-state index contributed by atoms with van der Waals surface area (Å²) in [5.74, 6) is 1.55. The van der Waals surface area contributed by atoms with Crippen molar-refractivity contribution in [2.24, 2.45) is 0 Å². The predicted octanol–water partition coefficient (Wildman–Crippen LogP) is 1.96. The summed E-state index contributed by atoms with van der Waals surface area (Å²) in [4.78, 5) is 0. The molecule has 3 heteroatoms. The van der Waals surface area contributed by atoms with E-state index in [1.165, 1.54) is 6.92 Å². The lowest BCUT2D eigenvalue weighted by Crippen LogP contribution is -2.27. The lowest BCUT2D eigenvalue weighted by atomic mass is 10.1. The largest absolute Gasteiger partial charge is 0.454 e. The van der Waals surface area contributed by atoms with Gasteiger partial charge in [0.05, 0.1) is 0 Å². The van der Waals surface area contributed by atoms with Gasteiger partial charge in [0, 0.05) is 8.78 Å². The normalized spacial score (nSPS) is 18.3. The Morgan fingerprint density at radius 2 is 2.27 bits per heavy atom. The van der Waals surface area contributed by atoms with Gasteiger partial charge in [-0.15, -0.1) is 0 Å². The number of hydrogen-bond acceptors (Lipinski definition) is 3. The van der Waals surface area contributed by atoms with Gasteiger partial charge in [-0.25, -0.2) is 0 Å². The lowest BCUT2D eigenvalue weighted by Gasteiger charge is -2.12. The van der Waals surface area contributed by atoms with Crippen molar-refractivity contribution in [1.29, 1.82) is 0 Å². The van der Waals surface area contributed by atoms with Crippen LogP contribution in [0.4, 0.5) is 0 Å². The van der Waals surface area contributed by atoms with Gasteiger partial charge in [0.25, 0.3) is 0 Å². The average molecular weight is 209 g/mol. The minimum atomic E-state index is -1.35. The first-order valence-corrected chi connectivity index (χ1v) is 5.10. The van der Waals surface area contributed by atoms with Gasteiger partial charge in [-0.05, 0) is 37.5 Å². The van der Waals surface area contributed by atoms with E-state index in [1.807, 2.05) is 25.1 Å². The first-order valence-electron chi connectivity index (χ1n) is 6.10. The zero-order valence-corrected chi connectivity index (χ0v) is 9.04. The van der Waals surface area contributed by atoms with Gasteiger partial charge < -0.3 is 14.8 Å². The topological polar surface area (TPSA) is 30.5 Å². The second kappa shape index (κ2) is 4.53. The van der Waals surface area contributed by atoms with Crippen molar-refractivity contribution in [3.05, 3.63) is 23.8 Å². The van der Waals surface area contributed by atoms with Crippen LogP contribution in [0.3, 0.4) is 0 Å². The molecule has 1 heterocycles. The van der Waals surface area contributed by atoms with E-state index >= 15 is 0 Å². The molecule has 0 bridgehead atoms. The Morgan fingerprint density at radius 1 is 1.47 bits per heavy atom. The third-order valence-corrected chi connectivity index (χ3v) is 2.37. The standard InChI is InChI=1S/C12H17NO2/c1-3-13-9(2)6-10-4-5-11-12(7-10)15-8-14-11/h4-5,7,9,13H,3,6,8H2,1-2H3/t9-/m1/s1/i3D2. The fraction of sp³-hybridized carbons (Fsp3) is 0.500. The summed E-state index contributed by atoms with van der Waals surface area (Å²) in [7, 11) is 0. The van der Waals surface area contributed by atoms with Crippen molar-refractivity contribution in [2.45, 2.75) is 26.3 Å². The Hall–Kier alpha value is -1.22. The highest BCUT2D eigenvalue weighted by Gasteiger charge is 2.13. The summed E-state index contributed by atoms with van der Waals surface area (Å²) in [6.45, 7) is 2.41. The summed E-state index contributed by atoms with van der Waals surface area (Å²) < 4.78 is 25.5. The SMILES string of the molecule is [2H]C([2H])(C)N[C@H](C)Cc1ccc2c(c1)OCO2.